The molecule has 0 aliphatic carbocycles. The molecule has 114 valence electrons. The number of rotatable bonds is 9. The Morgan fingerprint density at radius 1 is 1.25 bits per heavy atom. The molecule has 0 aliphatic rings. The lowest BCUT2D eigenvalue weighted by Gasteiger charge is -2.13. The zero-order chi connectivity index (χ0) is 15.0. The third-order valence-electron chi connectivity index (χ3n) is 2.76. The summed E-state index contributed by atoms with van der Waals surface area (Å²) in [4.78, 5) is 0.324. The molecule has 0 aliphatic heterocycles. The van der Waals surface area contributed by atoms with E-state index in [0.29, 0.717) is 4.90 Å². The Morgan fingerprint density at radius 3 is 2.45 bits per heavy atom. The van der Waals surface area contributed by atoms with Gasteiger partial charge in [-0.15, -0.1) is 0 Å². The molecule has 0 amide bonds. The van der Waals surface area contributed by atoms with E-state index in [9.17, 15) is 8.42 Å². The Kier molecular flexibility index (Phi) is 7.58. The van der Waals surface area contributed by atoms with E-state index in [1.54, 1.807) is 23.9 Å². The highest BCUT2D eigenvalue weighted by atomic mass is 32.2. The molecular formula is C14H24N2O2S2. The van der Waals surface area contributed by atoms with E-state index in [1.165, 1.54) is 0 Å². The van der Waals surface area contributed by atoms with Gasteiger partial charge in [-0.1, -0.05) is 19.1 Å². The molecule has 1 unspecified atom stereocenters. The van der Waals surface area contributed by atoms with Gasteiger partial charge in [0.15, 0.2) is 0 Å². The maximum Gasteiger partial charge on any atom is 0.240 e. The fraction of sp³-hybridized carbons (Fsp3) is 0.571. The van der Waals surface area contributed by atoms with Gasteiger partial charge in [0.25, 0.3) is 0 Å². The second kappa shape index (κ2) is 8.67. The minimum Gasteiger partial charge on any atom is -0.313 e. The molecule has 1 atom stereocenters. The predicted octanol–water partition coefficient (Wildman–Crippen LogP) is 2.22. The highest BCUT2D eigenvalue weighted by Crippen LogP contribution is 2.12. The van der Waals surface area contributed by atoms with Crippen molar-refractivity contribution in [2.24, 2.45) is 0 Å². The van der Waals surface area contributed by atoms with E-state index in [-0.39, 0.29) is 6.04 Å². The molecule has 0 bridgehead atoms. The molecule has 0 heterocycles. The predicted molar refractivity (Wildman–Crippen MR) is 86.6 cm³/mol. The van der Waals surface area contributed by atoms with Gasteiger partial charge in [0, 0.05) is 18.3 Å². The van der Waals surface area contributed by atoms with Gasteiger partial charge in [0.05, 0.1) is 4.90 Å². The molecule has 0 spiro atoms. The quantitative estimate of drug-likeness (QED) is 0.686. The van der Waals surface area contributed by atoms with Crippen molar-refractivity contribution < 1.29 is 8.42 Å². The van der Waals surface area contributed by atoms with Gasteiger partial charge in [-0.3, -0.25) is 0 Å². The van der Waals surface area contributed by atoms with E-state index >= 15 is 0 Å². The summed E-state index contributed by atoms with van der Waals surface area (Å²) < 4.78 is 27.0. The molecule has 1 aromatic rings. The Labute approximate surface area is 126 Å². The average molecular weight is 316 g/mol. The first-order valence-corrected chi connectivity index (χ1v) is 9.68. The monoisotopic (exact) mass is 316 g/mol. The maximum atomic E-state index is 12.2. The van der Waals surface area contributed by atoms with Crippen LogP contribution in [0.15, 0.2) is 29.2 Å². The highest BCUT2D eigenvalue weighted by molar-refractivity contribution is 7.98. The van der Waals surface area contributed by atoms with Crippen molar-refractivity contribution >= 4 is 21.8 Å². The van der Waals surface area contributed by atoms with Gasteiger partial charge in [0.2, 0.25) is 10.0 Å². The summed E-state index contributed by atoms with van der Waals surface area (Å²) in [6, 6.07) is 6.97. The summed E-state index contributed by atoms with van der Waals surface area (Å²) in [6.07, 6.45) is 3.05. The third-order valence-corrected chi connectivity index (χ3v) is 5.20. The second-order valence-electron chi connectivity index (χ2n) is 4.80. The maximum absolute atomic E-state index is 12.2. The molecule has 6 heteroatoms. The fourth-order valence-corrected chi connectivity index (χ4v) is 3.75. The van der Waals surface area contributed by atoms with E-state index in [1.807, 2.05) is 25.3 Å². The first kappa shape index (κ1) is 17.5. The number of sulfonamides is 1. The Bertz CT molecular complexity index is 486. The first-order valence-electron chi connectivity index (χ1n) is 6.80. The SMILES string of the molecule is CCCNCc1ccc(S(=O)(=O)NC(C)CSC)cc1. The molecule has 0 radical (unpaired) electrons. The minimum atomic E-state index is -3.41. The summed E-state index contributed by atoms with van der Waals surface area (Å²) in [5.74, 6) is 0.762. The summed E-state index contributed by atoms with van der Waals surface area (Å²) in [5.41, 5.74) is 1.09. The summed E-state index contributed by atoms with van der Waals surface area (Å²) in [5, 5.41) is 3.29. The second-order valence-corrected chi connectivity index (χ2v) is 7.42. The largest absolute Gasteiger partial charge is 0.313 e. The summed E-state index contributed by atoms with van der Waals surface area (Å²) in [6.45, 7) is 5.72. The van der Waals surface area contributed by atoms with Crippen molar-refractivity contribution in [3.05, 3.63) is 29.8 Å². The first-order chi connectivity index (χ1) is 9.49. The van der Waals surface area contributed by atoms with Crippen molar-refractivity contribution in [1.29, 1.82) is 0 Å². The Balaban J connectivity index is 2.66. The lowest BCUT2D eigenvalue weighted by Crippen LogP contribution is -2.34. The smallest absolute Gasteiger partial charge is 0.240 e. The molecule has 0 saturated heterocycles. The highest BCUT2D eigenvalue weighted by Gasteiger charge is 2.16. The third kappa shape index (κ3) is 5.83. The molecule has 2 N–H and O–H groups in total. The van der Waals surface area contributed by atoms with Crippen LogP contribution in [0, 0.1) is 0 Å². The van der Waals surface area contributed by atoms with Crippen LogP contribution in [0.4, 0.5) is 0 Å². The van der Waals surface area contributed by atoms with E-state index in [0.717, 1.165) is 30.8 Å². The number of hydrogen-bond donors (Lipinski definition) is 2. The molecule has 4 nitrogen and oxygen atoms in total. The molecule has 0 aromatic heterocycles. The summed E-state index contributed by atoms with van der Waals surface area (Å²) >= 11 is 1.62. The van der Waals surface area contributed by atoms with E-state index < -0.39 is 10.0 Å². The summed E-state index contributed by atoms with van der Waals surface area (Å²) in [7, 11) is -3.41. The minimum absolute atomic E-state index is 0.0686. The molecule has 0 fully saturated rings. The molecule has 1 rings (SSSR count). The van der Waals surface area contributed by atoms with E-state index in [4.69, 9.17) is 0 Å². The molecular weight excluding hydrogens is 292 g/mol. The van der Waals surface area contributed by atoms with Crippen LogP contribution in [0.25, 0.3) is 0 Å². The van der Waals surface area contributed by atoms with Crippen molar-refractivity contribution in [2.45, 2.75) is 37.8 Å². The van der Waals surface area contributed by atoms with Crippen LogP contribution in [-0.4, -0.2) is 33.0 Å². The number of nitrogens with one attached hydrogen (secondary N) is 2. The van der Waals surface area contributed by atoms with Gasteiger partial charge in [-0.2, -0.15) is 11.8 Å². The van der Waals surface area contributed by atoms with Crippen molar-refractivity contribution in [2.75, 3.05) is 18.6 Å². The van der Waals surface area contributed by atoms with Crippen molar-refractivity contribution in [3.8, 4) is 0 Å². The molecule has 1 aromatic carbocycles. The van der Waals surface area contributed by atoms with E-state index in [2.05, 4.69) is 17.0 Å². The van der Waals surface area contributed by atoms with Gasteiger partial charge in [-0.25, -0.2) is 13.1 Å². The van der Waals surface area contributed by atoms with Crippen molar-refractivity contribution in [1.82, 2.24) is 10.0 Å². The van der Waals surface area contributed by atoms with Crippen LogP contribution in [-0.2, 0) is 16.6 Å². The van der Waals surface area contributed by atoms with Gasteiger partial charge in [0.1, 0.15) is 0 Å². The van der Waals surface area contributed by atoms with Crippen LogP contribution < -0.4 is 10.0 Å². The number of hydrogen-bond acceptors (Lipinski definition) is 4. The van der Waals surface area contributed by atoms with Gasteiger partial charge < -0.3 is 5.32 Å². The topological polar surface area (TPSA) is 58.2 Å². The Hall–Kier alpha value is -0.560. The van der Waals surface area contributed by atoms with Crippen molar-refractivity contribution in [3.63, 3.8) is 0 Å². The van der Waals surface area contributed by atoms with Crippen LogP contribution in [0.2, 0.25) is 0 Å². The van der Waals surface area contributed by atoms with Gasteiger partial charge >= 0.3 is 0 Å². The molecule has 0 saturated carbocycles. The zero-order valence-electron chi connectivity index (χ0n) is 12.3. The fourth-order valence-electron chi connectivity index (χ4n) is 1.81. The standard InChI is InChI=1S/C14H24N2O2S2/c1-4-9-15-10-13-5-7-14(8-6-13)20(17,18)16-12(2)11-19-3/h5-8,12,15-16H,4,9-11H2,1-3H3. The number of thioether (sulfide) groups is 1. The zero-order valence-corrected chi connectivity index (χ0v) is 14.0. The molecule has 20 heavy (non-hydrogen) atoms. The lowest BCUT2D eigenvalue weighted by molar-refractivity contribution is 0.571. The number of benzene rings is 1. The van der Waals surface area contributed by atoms with Crippen LogP contribution >= 0.6 is 11.8 Å². The van der Waals surface area contributed by atoms with Crippen LogP contribution in [0.3, 0.4) is 0 Å². The van der Waals surface area contributed by atoms with Crippen LogP contribution in [0.1, 0.15) is 25.8 Å². The van der Waals surface area contributed by atoms with Gasteiger partial charge in [-0.05, 0) is 43.8 Å². The Morgan fingerprint density at radius 2 is 1.90 bits per heavy atom. The normalized spacial score (nSPS) is 13.3. The average Bonchev–Trinajstić information content (AvgIpc) is 2.39. The van der Waals surface area contributed by atoms with Crippen LogP contribution in [0.5, 0.6) is 0 Å². The lowest BCUT2D eigenvalue weighted by atomic mass is 10.2.